The van der Waals surface area contributed by atoms with E-state index in [-0.39, 0.29) is 12.5 Å². The number of nitriles is 1. The van der Waals surface area contributed by atoms with Crippen LogP contribution in [-0.4, -0.2) is 69.6 Å². The van der Waals surface area contributed by atoms with Crippen LogP contribution in [0.4, 0.5) is 10.0 Å². The van der Waals surface area contributed by atoms with Gasteiger partial charge < -0.3 is 24.0 Å². The van der Waals surface area contributed by atoms with E-state index in [1.807, 2.05) is 19.1 Å². The highest BCUT2D eigenvalue weighted by molar-refractivity contribution is 7.20. The minimum Gasteiger partial charge on any atom is -0.490 e. The first kappa shape index (κ1) is 22.7. The minimum absolute atomic E-state index is 0.0442. The fourth-order valence-electron chi connectivity index (χ4n) is 4.77. The number of carbonyl (C=O) groups is 1. The third-order valence-electron chi connectivity index (χ3n) is 6.52. The fraction of sp³-hybridized carbons (Fsp3) is 0.480. The molecule has 0 unspecified atom stereocenters. The van der Waals surface area contributed by atoms with E-state index in [4.69, 9.17) is 19.2 Å². The van der Waals surface area contributed by atoms with Crippen LogP contribution < -0.4 is 14.4 Å². The lowest BCUT2D eigenvalue weighted by Crippen LogP contribution is -2.43. The van der Waals surface area contributed by atoms with Crippen LogP contribution in [0.1, 0.15) is 42.4 Å². The second kappa shape index (κ2) is 10.0. The van der Waals surface area contributed by atoms with Gasteiger partial charge in [-0.15, -0.1) is 0 Å². The number of hydrogen-bond donors (Lipinski definition) is 0. The average Bonchev–Trinajstić information content (AvgIpc) is 3.29. The van der Waals surface area contributed by atoms with Gasteiger partial charge in [-0.25, -0.2) is 4.99 Å². The number of benzene rings is 1. The smallest absolute Gasteiger partial charge is 0.260 e. The molecule has 4 aliphatic heterocycles. The second-order valence-corrected chi connectivity index (χ2v) is 9.53. The largest absolute Gasteiger partial charge is 0.490 e. The third kappa shape index (κ3) is 4.48. The van der Waals surface area contributed by atoms with Gasteiger partial charge in [0.1, 0.15) is 11.1 Å². The minimum atomic E-state index is -0.0632. The quantitative estimate of drug-likeness (QED) is 0.562. The molecule has 1 amide bonds. The molecule has 0 atom stereocenters. The number of anilines is 1. The Morgan fingerprint density at radius 3 is 2.76 bits per heavy atom. The maximum absolute atomic E-state index is 12.4. The molecule has 4 aliphatic rings. The number of rotatable bonds is 7. The van der Waals surface area contributed by atoms with Gasteiger partial charge in [0.25, 0.3) is 5.91 Å². The molecule has 178 valence electrons. The van der Waals surface area contributed by atoms with Crippen LogP contribution in [0.5, 0.6) is 11.5 Å². The summed E-state index contributed by atoms with van der Waals surface area (Å²) < 4.78 is 16.9. The Balaban J connectivity index is 1.32. The molecular formula is C25H28N4O4S. The molecule has 2 fully saturated rings. The van der Waals surface area contributed by atoms with Crippen LogP contribution in [0.3, 0.4) is 0 Å². The summed E-state index contributed by atoms with van der Waals surface area (Å²) in [4.78, 5) is 21.2. The van der Waals surface area contributed by atoms with Crippen molar-refractivity contribution in [2.45, 2.75) is 25.7 Å². The maximum atomic E-state index is 12.4. The standard InChI is InChI=1S/C25H28N4O4S/c1-2-32-21-13-17(3-4-20(21)33-16-22(30)28-9-11-31-12-10-28)15-27-24-19(14-26)23-18-5-7-29(8-6-18)25(23)34-24/h3-4,13,15,18H,2,5-12,16H2,1H3. The molecule has 2 aromatic rings. The van der Waals surface area contributed by atoms with Crippen molar-refractivity contribution in [3.05, 3.63) is 34.9 Å². The van der Waals surface area contributed by atoms with Crippen molar-refractivity contribution in [3.8, 4) is 17.6 Å². The van der Waals surface area contributed by atoms with Crippen LogP contribution in [0.25, 0.3) is 0 Å². The lowest BCUT2D eigenvalue weighted by Gasteiger charge is -2.39. The van der Waals surface area contributed by atoms with Gasteiger partial charge in [0, 0.05) is 38.0 Å². The normalized spacial score (nSPS) is 17.6. The maximum Gasteiger partial charge on any atom is 0.260 e. The molecule has 1 aromatic heterocycles. The summed E-state index contributed by atoms with van der Waals surface area (Å²) in [6, 6.07) is 7.94. The van der Waals surface area contributed by atoms with E-state index >= 15 is 0 Å². The molecule has 1 aromatic carbocycles. The molecule has 8 nitrogen and oxygen atoms in total. The number of ether oxygens (including phenoxy) is 3. The molecule has 9 heteroatoms. The molecular weight excluding hydrogens is 452 g/mol. The SMILES string of the molecule is CCOc1cc(C=Nc2sc3c(c2C#N)C2CCN3CC2)ccc1OCC(=O)N1CCOCC1. The molecule has 34 heavy (non-hydrogen) atoms. The summed E-state index contributed by atoms with van der Waals surface area (Å²) in [7, 11) is 0. The van der Waals surface area contributed by atoms with Gasteiger partial charge in [0.15, 0.2) is 18.1 Å². The zero-order valence-corrected chi connectivity index (χ0v) is 20.1. The van der Waals surface area contributed by atoms with Crippen molar-refractivity contribution in [1.29, 1.82) is 5.26 Å². The fourth-order valence-corrected chi connectivity index (χ4v) is 6.01. The number of piperidine rings is 1. The van der Waals surface area contributed by atoms with E-state index in [2.05, 4.69) is 11.0 Å². The van der Waals surface area contributed by atoms with Gasteiger partial charge in [0.05, 0.1) is 30.4 Å². The first-order valence-electron chi connectivity index (χ1n) is 11.8. The van der Waals surface area contributed by atoms with E-state index in [1.165, 1.54) is 10.6 Å². The summed E-state index contributed by atoms with van der Waals surface area (Å²) in [5.74, 6) is 1.51. The van der Waals surface area contributed by atoms with E-state index in [0.29, 0.717) is 50.3 Å². The Bertz CT molecular complexity index is 1120. The summed E-state index contributed by atoms with van der Waals surface area (Å²) in [6.45, 7) is 6.77. The number of nitrogens with zero attached hydrogens (tertiary/aromatic N) is 4. The van der Waals surface area contributed by atoms with E-state index in [1.54, 1.807) is 28.5 Å². The first-order valence-corrected chi connectivity index (χ1v) is 12.6. The zero-order valence-electron chi connectivity index (χ0n) is 19.3. The van der Waals surface area contributed by atoms with Crippen molar-refractivity contribution in [1.82, 2.24) is 4.90 Å². The van der Waals surface area contributed by atoms with Gasteiger partial charge in [-0.1, -0.05) is 11.3 Å². The van der Waals surface area contributed by atoms with Gasteiger partial charge >= 0.3 is 0 Å². The Hall–Kier alpha value is -3.09. The number of fused-ring (bicyclic) bond motifs is 2. The summed E-state index contributed by atoms with van der Waals surface area (Å²) in [6.07, 6.45) is 4.00. The Labute approximate surface area is 203 Å². The molecule has 5 heterocycles. The average molecular weight is 481 g/mol. The van der Waals surface area contributed by atoms with Gasteiger partial charge in [0.2, 0.25) is 0 Å². The number of morpholine rings is 1. The molecule has 6 rings (SSSR count). The highest BCUT2D eigenvalue weighted by atomic mass is 32.1. The lowest BCUT2D eigenvalue weighted by molar-refractivity contribution is -0.137. The summed E-state index contributed by atoms with van der Waals surface area (Å²) in [5.41, 5.74) is 2.76. The lowest BCUT2D eigenvalue weighted by atomic mass is 9.84. The molecule has 0 saturated carbocycles. The highest BCUT2D eigenvalue weighted by Crippen LogP contribution is 2.52. The van der Waals surface area contributed by atoms with Gasteiger partial charge in [-0.05, 0) is 49.4 Å². The van der Waals surface area contributed by atoms with Crippen LogP contribution >= 0.6 is 11.3 Å². The van der Waals surface area contributed by atoms with Crippen molar-refractivity contribution < 1.29 is 19.0 Å². The number of hydrogen-bond acceptors (Lipinski definition) is 8. The van der Waals surface area contributed by atoms with Crippen molar-refractivity contribution in [3.63, 3.8) is 0 Å². The first-order chi connectivity index (χ1) is 16.7. The van der Waals surface area contributed by atoms with Crippen LogP contribution in [0, 0.1) is 11.3 Å². The number of carbonyl (C=O) groups excluding carboxylic acids is 1. The predicted molar refractivity (Wildman–Crippen MR) is 131 cm³/mol. The molecule has 0 aliphatic carbocycles. The third-order valence-corrected chi connectivity index (χ3v) is 7.70. The van der Waals surface area contributed by atoms with Gasteiger partial charge in [-0.3, -0.25) is 4.79 Å². The Morgan fingerprint density at radius 1 is 1.24 bits per heavy atom. The number of thiophene rings is 1. The topological polar surface area (TPSA) is 87.4 Å². The zero-order chi connectivity index (χ0) is 23.5. The monoisotopic (exact) mass is 480 g/mol. The second-order valence-electron chi connectivity index (χ2n) is 8.55. The molecule has 2 bridgehead atoms. The molecule has 0 spiro atoms. The number of aliphatic imine (C=N–C) groups is 1. The highest BCUT2D eigenvalue weighted by Gasteiger charge is 2.36. The summed E-state index contributed by atoms with van der Waals surface area (Å²) in [5, 5.41) is 11.8. The van der Waals surface area contributed by atoms with Crippen molar-refractivity contribution >= 4 is 33.5 Å². The van der Waals surface area contributed by atoms with Crippen LogP contribution in [0.15, 0.2) is 23.2 Å². The predicted octanol–water partition coefficient (Wildman–Crippen LogP) is 3.70. The van der Waals surface area contributed by atoms with Crippen LogP contribution in [-0.2, 0) is 9.53 Å². The summed E-state index contributed by atoms with van der Waals surface area (Å²) >= 11 is 1.61. The van der Waals surface area contributed by atoms with E-state index < -0.39 is 0 Å². The molecule has 2 saturated heterocycles. The Kier molecular flexibility index (Phi) is 6.70. The molecule has 0 N–H and O–H groups in total. The number of amides is 1. The van der Waals surface area contributed by atoms with E-state index in [9.17, 15) is 10.1 Å². The molecule has 0 radical (unpaired) electrons. The van der Waals surface area contributed by atoms with Crippen molar-refractivity contribution in [2.75, 3.05) is 57.5 Å². The van der Waals surface area contributed by atoms with Gasteiger partial charge in [-0.2, -0.15) is 5.26 Å². The van der Waals surface area contributed by atoms with Crippen LogP contribution in [0.2, 0.25) is 0 Å². The van der Waals surface area contributed by atoms with Crippen molar-refractivity contribution in [2.24, 2.45) is 4.99 Å². The van der Waals surface area contributed by atoms with E-state index in [0.717, 1.165) is 42.1 Å². The Morgan fingerprint density at radius 2 is 2.03 bits per heavy atom.